The average Bonchev–Trinajstić information content (AvgIpc) is 2.75. The first-order valence-corrected chi connectivity index (χ1v) is 7.11. The molecule has 5 nitrogen and oxygen atoms in total. The van der Waals surface area contributed by atoms with Crippen molar-refractivity contribution in [3.8, 4) is 5.69 Å². The maximum atomic E-state index is 5.98. The predicted molar refractivity (Wildman–Crippen MR) is 77.0 cm³/mol. The van der Waals surface area contributed by atoms with Crippen molar-refractivity contribution in [3.05, 3.63) is 31.9 Å². The minimum absolute atomic E-state index is 0.0366. The molecule has 0 fully saturated rings. The quantitative estimate of drug-likeness (QED) is 0.868. The van der Waals surface area contributed by atoms with Gasteiger partial charge >= 0.3 is 0 Å². The molecule has 1 aromatic heterocycles. The Bertz CT molecular complexity index is 548. The van der Waals surface area contributed by atoms with Gasteiger partial charge in [-0.05, 0) is 68.4 Å². The van der Waals surface area contributed by atoms with Crippen molar-refractivity contribution in [2.75, 3.05) is 7.05 Å². The van der Waals surface area contributed by atoms with Crippen LogP contribution in [0.4, 0.5) is 0 Å². The summed E-state index contributed by atoms with van der Waals surface area (Å²) in [5, 5.41) is 15.5. The number of aromatic nitrogens is 4. The summed E-state index contributed by atoms with van der Waals surface area (Å²) in [6.45, 7) is 1.99. The summed E-state index contributed by atoms with van der Waals surface area (Å²) < 4.78 is 3.31. The summed E-state index contributed by atoms with van der Waals surface area (Å²) in [5.74, 6) is 0.723. The van der Waals surface area contributed by atoms with Gasteiger partial charge < -0.3 is 5.32 Å². The van der Waals surface area contributed by atoms with Crippen molar-refractivity contribution in [1.29, 1.82) is 0 Å². The monoisotopic (exact) mass is 393 g/mol. The highest BCUT2D eigenvalue weighted by atomic mass is 79.9. The molecule has 1 heterocycles. The molecule has 2 rings (SSSR count). The fraction of sp³-hybridized carbons (Fsp3) is 0.300. The minimum atomic E-state index is 0.0366. The van der Waals surface area contributed by atoms with Crippen molar-refractivity contribution in [2.45, 2.75) is 13.0 Å². The molecule has 0 aliphatic heterocycles. The van der Waals surface area contributed by atoms with Crippen LogP contribution in [0.25, 0.3) is 5.69 Å². The van der Waals surface area contributed by atoms with Gasteiger partial charge in [0.15, 0.2) is 5.82 Å². The van der Waals surface area contributed by atoms with E-state index in [1.165, 1.54) is 0 Å². The van der Waals surface area contributed by atoms with Crippen LogP contribution < -0.4 is 5.32 Å². The fourth-order valence-corrected chi connectivity index (χ4v) is 3.49. The molecule has 0 saturated carbocycles. The Morgan fingerprint density at radius 3 is 2.50 bits per heavy atom. The van der Waals surface area contributed by atoms with E-state index >= 15 is 0 Å². The lowest BCUT2D eigenvalue weighted by atomic mass is 10.3. The largest absolute Gasteiger partial charge is 0.311 e. The molecule has 0 aliphatic carbocycles. The van der Waals surface area contributed by atoms with E-state index in [4.69, 9.17) is 11.6 Å². The Kier molecular flexibility index (Phi) is 4.37. The van der Waals surface area contributed by atoms with E-state index in [2.05, 4.69) is 52.7 Å². The summed E-state index contributed by atoms with van der Waals surface area (Å²) in [5.41, 5.74) is 0.821. The van der Waals surface area contributed by atoms with E-state index in [1.807, 2.05) is 14.0 Å². The number of nitrogens with one attached hydrogen (secondary N) is 1. The molecule has 1 unspecified atom stereocenters. The van der Waals surface area contributed by atoms with Gasteiger partial charge in [0.25, 0.3) is 0 Å². The topological polar surface area (TPSA) is 55.6 Å². The highest BCUT2D eigenvalue weighted by molar-refractivity contribution is 9.11. The zero-order chi connectivity index (χ0) is 13.3. The van der Waals surface area contributed by atoms with Crippen LogP contribution in [0, 0.1) is 0 Å². The summed E-state index contributed by atoms with van der Waals surface area (Å²) in [4.78, 5) is 0. The van der Waals surface area contributed by atoms with Gasteiger partial charge in [-0.2, -0.15) is 4.68 Å². The summed E-state index contributed by atoms with van der Waals surface area (Å²) in [6, 6.07) is 3.64. The molecule has 0 amide bonds. The van der Waals surface area contributed by atoms with Gasteiger partial charge in [0, 0.05) is 14.0 Å². The minimum Gasteiger partial charge on any atom is -0.311 e. The number of benzene rings is 1. The van der Waals surface area contributed by atoms with Crippen LogP contribution in [0.15, 0.2) is 21.1 Å². The lowest BCUT2D eigenvalue weighted by Gasteiger charge is -2.13. The van der Waals surface area contributed by atoms with Crippen molar-refractivity contribution in [2.24, 2.45) is 0 Å². The lowest BCUT2D eigenvalue weighted by Crippen LogP contribution is -2.18. The van der Waals surface area contributed by atoms with Crippen molar-refractivity contribution < 1.29 is 0 Å². The number of rotatable bonds is 3. The van der Waals surface area contributed by atoms with E-state index in [1.54, 1.807) is 16.8 Å². The molecule has 1 atom stereocenters. The summed E-state index contributed by atoms with van der Waals surface area (Å²) >= 11 is 12.9. The van der Waals surface area contributed by atoms with Crippen LogP contribution in [-0.2, 0) is 0 Å². The highest BCUT2D eigenvalue weighted by Crippen LogP contribution is 2.33. The standard InChI is InChI=1S/C10H10Br2ClN5/c1-5(14-2)10-15-16-17-18(10)9-7(11)3-6(13)4-8(9)12/h3-5,14H,1-2H3. The molecular weight excluding hydrogens is 385 g/mol. The van der Waals surface area contributed by atoms with Gasteiger partial charge in [-0.25, -0.2) is 0 Å². The number of hydrogen-bond donors (Lipinski definition) is 1. The highest BCUT2D eigenvalue weighted by Gasteiger charge is 2.18. The molecular formula is C10H10Br2ClN5. The van der Waals surface area contributed by atoms with E-state index in [0.717, 1.165) is 20.5 Å². The van der Waals surface area contributed by atoms with Gasteiger partial charge in [-0.3, -0.25) is 0 Å². The molecule has 18 heavy (non-hydrogen) atoms. The summed E-state index contributed by atoms with van der Waals surface area (Å²) in [6.07, 6.45) is 0. The van der Waals surface area contributed by atoms with E-state index in [-0.39, 0.29) is 6.04 Å². The van der Waals surface area contributed by atoms with Crippen LogP contribution >= 0.6 is 43.5 Å². The Balaban J connectivity index is 2.59. The molecule has 0 spiro atoms. The van der Waals surface area contributed by atoms with Crippen LogP contribution in [0.5, 0.6) is 0 Å². The van der Waals surface area contributed by atoms with Crippen LogP contribution in [-0.4, -0.2) is 27.3 Å². The van der Waals surface area contributed by atoms with Crippen LogP contribution in [0.3, 0.4) is 0 Å². The number of tetrazole rings is 1. The first-order chi connectivity index (χ1) is 8.54. The van der Waals surface area contributed by atoms with Gasteiger partial charge in [0.05, 0.1) is 11.7 Å². The first kappa shape index (κ1) is 13.9. The van der Waals surface area contributed by atoms with Crippen molar-refractivity contribution in [3.63, 3.8) is 0 Å². The third-order valence-corrected chi connectivity index (χ3v) is 3.93. The maximum absolute atomic E-state index is 5.98. The molecule has 0 radical (unpaired) electrons. The Hall–Kier alpha value is -0.500. The Morgan fingerprint density at radius 1 is 1.33 bits per heavy atom. The zero-order valence-electron chi connectivity index (χ0n) is 9.65. The third-order valence-electron chi connectivity index (χ3n) is 2.51. The second kappa shape index (κ2) is 5.64. The third kappa shape index (κ3) is 2.59. The van der Waals surface area contributed by atoms with Gasteiger partial charge in [-0.1, -0.05) is 11.6 Å². The second-order valence-corrected chi connectivity index (χ2v) is 5.82. The molecule has 96 valence electrons. The Labute approximate surface area is 126 Å². The average molecular weight is 395 g/mol. The first-order valence-electron chi connectivity index (χ1n) is 5.15. The molecule has 0 aliphatic rings. The van der Waals surface area contributed by atoms with Gasteiger partial charge in [0.1, 0.15) is 0 Å². The molecule has 1 N–H and O–H groups in total. The van der Waals surface area contributed by atoms with Crippen LogP contribution in [0.2, 0.25) is 5.02 Å². The molecule has 0 bridgehead atoms. The van der Waals surface area contributed by atoms with Crippen molar-refractivity contribution in [1.82, 2.24) is 25.5 Å². The number of hydrogen-bond acceptors (Lipinski definition) is 4. The van der Waals surface area contributed by atoms with Crippen molar-refractivity contribution >= 4 is 43.5 Å². The summed E-state index contributed by atoms with van der Waals surface area (Å²) in [7, 11) is 1.86. The molecule has 1 aromatic carbocycles. The smallest absolute Gasteiger partial charge is 0.173 e. The maximum Gasteiger partial charge on any atom is 0.173 e. The second-order valence-electron chi connectivity index (χ2n) is 3.68. The van der Waals surface area contributed by atoms with E-state index in [9.17, 15) is 0 Å². The zero-order valence-corrected chi connectivity index (χ0v) is 13.6. The predicted octanol–water partition coefficient (Wildman–Crippen LogP) is 3.12. The number of nitrogens with zero attached hydrogens (tertiary/aromatic N) is 4. The van der Waals surface area contributed by atoms with E-state index < -0.39 is 0 Å². The molecule has 8 heteroatoms. The van der Waals surface area contributed by atoms with Crippen LogP contribution in [0.1, 0.15) is 18.8 Å². The molecule has 2 aromatic rings. The SMILES string of the molecule is CNC(C)c1nnnn1-c1c(Br)cc(Cl)cc1Br. The Morgan fingerprint density at radius 2 is 1.94 bits per heavy atom. The fourth-order valence-electron chi connectivity index (χ4n) is 1.49. The van der Waals surface area contributed by atoms with E-state index in [0.29, 0.717) is 5.02 Å². The van der Waals surface area contributed by atoms with Gasteiger partial charge in [0.2, 0.25) is 0 Å². The molecule has 0 saturated heterocycles. The lowest BCUT2D eigenvalue weighted by molar-refractivity contribution is 0.588. The normalized spacial score (nSPS) is 12.7. The van der Waals surface area contributed by atoms with Gasteiger partial charge in [-0.15, -0.1) is 5.10 Å². The number of halogens is 3.